The normalized spacial score (nSPS) is 28.7. The van der Waals surface area contributed by atoms with E-state index < -0.39 is 6.10 Å². The first-order valence-corrected chi connectivity index (χ1v) is 9.53. The molecule has 3 N–H and O–H groups in total. The fourth-order valence-electron chi connectivity index (χ4n) is 4.28. The molecule has 1 aromatic carbocycles. The Morgan fingerprint density at radius 3 is 3.00 bits per heavy atom. The van der Waals surface area contributed by atoms with Gasteiger partial charge in [0.1, 0.15) is 5.82 Å². The maximum Gasteiger partial charge on any atom is 0.191 e. The maximum atomic E-state index is 13.3. The first-order valence-electron chi connectivity index (χ1n) is 9.53. The molecule has 144 valence electrons. The van der Waals surface area contributed by atoms with E-state index in [4.69, 9.17) is 4.74 Å². The molecule has 4 unspecified atom stereocenters. The molecule has 1 saturated heterocycles. The number of rotatable bonds is 5. The predicted octanol–water partition coefficient (Wildman–Crippen LogP) is 2.62. The number of aliphatic imine (C=N–C) groups is 1. The number of hydrogen-bond acceptors (Lipinski definition) is 3. The van der Waals surface area contributed by atoms with Gasteiger partial charge in [-0.3, -0.25) is 4.99 Å². The quantitative estimate of drug-likeness (QED) is 0.556. The molecule has 4 atom stereocenters. The van der Waals surface area contributed by atoms with Crippen LogP contribution < -0.4 is 10.6 Å². The van der Waals surface area contributed by atoms with Crippen LogP contribution in [-0.2, 0) is 4.74 Å². The van der Waals surface area contributed by atoms with E-state index in [-0.39, 0.29) is 23.8 Å². The van der Waals surface area contributed by atoms with Crippen molar-refractivity contribution in [2.45, 2.75) is 51.9 Å². The molecule has 2 aliphatic rings. The summed E-state index contributed by atoms with van der Waals surface area (Å²) in [6.45, 7) is 8.23. The zero-order chi connectivity index (χ0) is 18.7. The molecule has 0 radical (unpaired) electrons. The molecule has 1 aliphatic heterocycles. The first kappa shape index (κ1) is 19.1. The van der Waals surface area contributed by atoms with E-state index in [9.17, 15) is 9.50 Å². The van der Waals surface area contributed by atoms with Crippen molar-refractivity contribution in [3.05, 3.63) is 35.6 Å². The third kappa shape index (κ3) is 3.86. The number of halogens is 1. The largest absolute Gasteiger partial charge is 0.386 e. The second kappa shape index (κ2) is 7.92. The Morgan fingerprint density at radius 2 is 2.27 bits per heavy atom. The Labute approximate surface area is 155 Å². The van der Waals surface area contributed by atoms with Gasteiger partial charge in [-0.1, -0.05) is 26.0 Å². The number of hydrogen-bond donors (Lipinski definition) is 3. The van der Waals surface area contributed by atoms with Gasteiger partial charge in [0.05, 0.1) is 18.8 Å². The zero-order valence-corrected chi connectivity index (χ0v) is 15.8. The number of guanidine groups is 1. The van der Waals surface area contributed by atoms with E-state index in [2.05, 4.69) is 29.5 Å². The average Bonchev–Trinajstić information content (AvgIpc) is 2.63. The van der Waals surface area contributed by atoms with Crippen molar-refractivity contribution in [3.8, 4) is 0 Å². The van der Waals surface area contributed by atoms with E-state index >= 15 is 0 Å². The Hall–Kier alpha value is -1.66. The summed E-state index contributed by atoms with van der Waals surface area (Å²) in [5.74, 6) is 0.830. The van der Waals surface area contributed by atoms with Crippen LogP contribution >= 0.6 is 0 Å². The van der Waals surface area contributed by atoms with Crippen LogP contribution in [0.5, 0.6) is 0 Å². The van der Waals surface area contributed by atoms with Crippen molar-refractivity contribution in [3.63, 3.8) is 0 Å². The van der Waals surface area contributed by atoms with Gasteiger partial charge in [-0.2, -0.15) is 0 Å². The van der Waals surface area contributed by atoms with Gasteiger partial charge >= 0.3 is 0 Å². The van der Waals surface area contributed by atoms with E-state index in [1.54, 1.807) is 12.1 Å². The minimum Gasteiger partial charge on any atom is -0.386 e. The molecule has 6 heteroatoms. The van der Waals surface area contributed by atoms with Crippen LogP contribution in [0.15, 0.2) is 29.3 Å². The van der Waals surface area contributed by atoms with Crippen LogP contribution in [0.2, 0.25) is 0 Å². The maximum absolute atomic E-state index is 13.3. The van der Waals surface area contributed by atoms with Crippen LogP contribution in [0.4, 0.5) is 4.39 Å². The fraction of sp³-hybridized carbons (Fsp3) is 0.650. The van der Waals surface area contributed by atoms with E-state index in [0.717, 1.165) is 26.0 Å². The monoisotopic (exact) mass is 363 g/mol. The highest BCUT2D eigenvalue weighted by Gasteiger charge is 2.58. The lowest BCUT2D eigenvalue weighted by atomic mass is 9.55. The molecule has 1 saturated carbocycles. The Bertz CT molecular complexity index is 650. The predicted molar refractivity (Wildman–Crippen MR) is 101 cm³/mol. The number of aliphatic hydroxyl groups excluding tert-OH is 1. The molecule has 1 aromatic rings. The smallest absolute Gasteiger partial charge is 0.191 e. The summed E-state index contributed by atoms with van der Waals surface area (Å²) in [5, 5.41) is 17.1. The van der Waals surface area contributed by atoms with Crippen molar-refractivity contribution in [2.75, 3.05) is 19.7 Å². The first-order chi connectivity index (χ1) is 12.4. The zero-order valence-electron chi connectivity index (χ0n) is 15.8. The summed E-state index contributed by atoms with van der Waals surface area (Å²) >= 11 is 0. The molecule has 0 bridgehead atoms. The number of nitrogens with zero attached hydrogens (tertiary/aromatic N) is 1. The SMILES string of the molecule is CCNC(=NCC(O)c1cccc(F)c1)NC1C2CCCOC2C1(C)C. The average molecular weight is 363 g/mol. The number of fused-ring (bicyclic) bond motifs is 1. The van der Waals surface area contributed by atoms with Gasteiger partial charge in [-0.05, 0) is 37.5 Å². The van der Waals surface area contributed by atoms with Crippen LogP contribution in [0.1, 0.15) is 45.3 Å². The second-order valence-corrected chi connectivity index (χ2v) is 7.83. The summed E-state index contributed by atoms with van der Waals surface area (Å²) in [5.41, 5.74) is 0.581. The van der Waals surface area contributed by atoms with Crippen LogP contribution in [0, 0.1) is 17.2 Å². The molecule has 0 spiro atoms. The summed E-state index contributed by atoms with van der Waals surface area (Å²) in [6, 6.07) is 6.31. The Balaban J connectivity index is 1.66. The lowest BCUT2D eigenvalue weighted by molar-refractivity contribution is -0.188. The Kier molecular flexibility index (Phi) is 5.82. The van der Waals surface area contributed by atoms with E-state index in [1.165, 1.54) is 12.1 Å². The van der Waals surface area contributed by atoms with E-state index in [0.29, 0.717) is 23.5 Å². The highest BCUT2D eigenvalue weighted by Crippen LogP contribution is 2.51. The highest BCUT2D eigenvalue weighted by molar-refractivity contribution is 5.80. The molecule has 5 nitrogen and oxygen atoms in total. The van der Waals surface area contributed by atoms with Crippen LogP contribution in [0.25, 0.3) is 0 Å². The number of nitrogens with one attached hydrogen (secondary N) is 2. The summed E-state index contributed by atoms with van der Waals surface area (Å²) in [6.07, 6.45) is 1.73. The third-order valence-electron chi connectivity index (χ3n) is 5.62. The van der Waals surface area contributed by atoms with Gasteiger partial charge in [0.25, 0.3) is 0 Å². The molecule has 0 amide bonds. The van der Waals surface area contributed by atoms with Crippen molar-refractivity contribution < 1.29 is 14.2 Å². The lowest BCUT2D eigenvalue weighted by Gasteiger charge is -2.60. The molecular formula is C20H30FN3O2. The molecule has 3 rings (SSSR count). The molecule has 1 heterocycles. The summed E-state index contributed by atoms with van der Waals surface area (Å²) < 4.78 is 19.3. The Morgan fingerprint density at radius 1 is 1.46 bits per heavy atom. The molecule has 1 aliphatic carbocycles. The van der Waals surface area contributed by atoms with Crippen molar-refractivity contribution in [1.82, 2.24) is 10.6 Å². The fourth-order valence-corrected chi connectivity index (χ4v) is 4.28. The van der Waals surface area contributed by atoms with Crippen LogP contribution in [-0.4, -0.2) is 42.9 Å². The standard InChI is InChI=1S/C20H30FN3O2/c1-4-22-19(23-12-16(25)13-7-5-8-14(21)11-13)24-17-15-9-6-10-26-18(15)20(17,2)3/h5,7-8,11,15-18,25H,4,6,9-10,12H2,1-3H3,(H2,22,23,24). The highest BCUT2D eigenvalue weighted by atomic mass is 19.1. The third-order valence-corrected chi connectivity index (χ3v) is 5.62. The number of benzene rings is 1. The van der Waals surface area contributed by atoms with Crippen molar-refractivity contribution >= 4 is 5.96 Å². The van der Waals surface area contributed by atoms with Gasteiger partial charge in [0, 0.05) is 30.5 Å². The second-order valence-electron chi connectivity index (χ2n) is 7.83. The van der Waals surface area contributed by atoms with Gasteiger partial charge < -0.3 is 20.5 Å². The van der Waals surface area contributed by atoms with Crippen molar-refractivity contribution in [2.24, 2.45) is 16.3 Å². The lowest BCUT2D eigenvalue weighted by Crippen LogP contribution is -2.71. The minimum atomic E-state index is -0.832. The molecule has 2 fully saturated rings. The van der Waals surface area contributed by atoms with Gasteiger partial charge in [0.2, 0.25) is 0 Å². The molecule has 26 heavy (non-hydrogen) atoms. The number of aliphatic hydroxyl groups is 1. The topological polar surface area (TPSA) is 65.9 Å². The van der Waals surface area contributed by atoms with E-state index in [1.807, 2.05) is 6.92 Å². The van der Waals surface area contributed by atoms with Crippen LogP contribution in [0.3, 0.4) is 0 Å². The van der Waals surface area contributed by atoms with Crippen molar-refractivity contribution in [1.29, 1.82) is 0 Å². The molecule has 0 aromatic heterocycles. The minimum absolute atomic E-state index is 0.0441. The van der Waals surface area contributed by atoms with Gasteiger partial charge in [0.15, 0.2) is 5.96 Å². The summed E-state index contributed by atoms with van der Waals surface area (Å²) in [7, 11) is 0. The van der Waals surface area contributed by atoms with Gasteiger partial charge in [-0.25, -0.2) is 4.39 Å². The summed E-state index contributed by atoms with van der Waals surface area (Å²) in [4.78, 5) is 4.53. The number of ether oxygens (including phenoxy) is 1. The van der Waals surface area contributed by atoms with Gasteiger partial charge in [-0.15, -0.1) is 0 Å². The molecular weight excluding hydrogens is 333 g/mol.